The first kappa shape index (κ1) is 20.7. The molecule has 0 spiro atoms. The second kappa shape index (κ2) is 9.07. The number of hydrogen-bond acceptors (Lipinski definition) is 7. The summed E-state index contributed by atoms with van der Waals surface area (Å²) in [6.07, 6.45) is 0. The van der Waals surface area contributed by atoms with Crippen molar-refractivity contribution in [2.24, 2.45) is 0 Å². The molecule has 0 atom stereocenters. The van der Waals surface area contributed by atoms with Gasteiger partial charge in [0.15, 0.2) is 10.1 Å². The maximum Gasteiger partial charge on any atom is 0.289 e. The summed E-state index contributed by atoms with van der Waals surface area (Å²) in [6, 6.07) is 13.6. The third-order valence-electron chi connectivity index (χ3n) is 5.07. The molecule has 30 heavy (non-hydrogen) atoms. The van der Waals surface area contributed by atoms with Crippen molar-refractivity contribution < 1.29 is 9.53 Å². The van der Waals surface area contributed by atoms with Crippen molar-refractivity contribution in [3.8, 4) is 5.75 Å². The smallest absolute Gasteiger partial charge is 0.289 e. The normalized spacial score (nSPS) is 11.5. The van der Waals surface area contributed by atoms with Crippen LogP contribution in [0.3, 0.4) is 0 Å². The zero-order valence-electron chi connectivity index (χ0n) is 17.3. The summed E-state index contributed by atoms with van der Waals surface area (Å²) in [5.74, 6) is 0.680. The third kappa shape index (κ3) is 4.16. The molecule has 0 saturated heterocycles. The average Bonchev–Trinajstić information content (AvgIpc) is 3.39. The van der Waals surface area contributed by atoms with Crippen molar-refractivity contribution in [3.63, 3.8) is 0 Å². The highest BCUT2D eigenvalue weighted by molar-refractivity contribution is 7.23. The number of benzene rings is 2. The highest BCUT2D eigenvalue weighted by atomic mass is 32.1. The van der Waals surface area contributed by atoms with Gasteiger partial charge in [-0.1, -0.05) is 37.3 Å². The van der Waals surface area contributed by atoms with Gasteiger partial charge in [0.1, 0.15) is 5.75 Å². The van der Waals surface area contributed by atoms with Crippen LogP contribution in [0.4, 0.5) is 5.13 Å². The third-order valence-corrected chi connectivity index (χ3v) is 7.14. The van der Waals surface area contributed by atoms with E-state index in [-0.39, 0.29) is 5.91 Å². The van der Waals surface area contributed by atoms with E-state index >= 15 is 0 Å². The monoisotopic (exact) mass is 440 g/mol. The Balaban J connectivity index is 1.70. The van der Waals surface area contributed by atoms with Crippen LogP contribution in [0.2, 0.25) is 0 Å². The molecular formula is C22H24N4O2S2. The lowest BCUT2D eigenvalue weighted by molar-refractivity contribution is 0.0983. The number of aromatic nitrogens is 2. The molecule has 1 amide bonds. The molecule has 2 aromatic carbocycles. The molecule has 2 heterocycles. The number of nitrogens with zero attached hydrogens (tertiary/aromatic N) is 4. The Morgan fingerprint density at radius 2 is 1.73 bits per heavy atom. The Morgan fingerprint density at radius 3 is 2.47 bits per heavy atom. The first-order valence-corrected chi connectivity index (χ1v) is 11.6. The number of amides is 1. The molecule has 0 bridgehead atoms. The minimum absolute atomic E-state index is 0.102. The van der Waals surface area contributed by atoms with Crippen molar-refractivity contribution in [3.05, 3.63) is 47.5 Å². The van der Waals surface area contributed by atoms with Gasteiger partial charge in [-0.15, -0.1) is 11.3 Å². The highest BCUT2D eigenvalue weighted by Crippen LogP contribution is 2.33. The van der Waals surface area contributed by atoms with E-state index in [1.807, 2.05) is 42.5 Å². The Morgan fingerprint density at radius 1 is 0.967 bits per heavy atom. The SMILES string of the molecule is CCN(CC)CCN(C(=O)c1nc2ccccc2s1)c1nc2ccc(OC)cc2s1. The van der Waals surface area contributed by atoms with Crippen LogP contribution < -0.4 is 9.64 Å². The van der Waals surface area contributed by atoms with Crippen molar-refractivity contribution >= 4 is 54.1 Å². The van der Waals surface area contributed by atoms with Crippen LogP contribution in [-0.4, -0.2) is 54.1 Å². The summed E-state index contributed by atoms with van der Waals surface area (Å²) in [5.41, 5.74) is 1.71. The second-order valence-corrected chi connectivity index (χ2v) is 8.84. The molecule has 0 saturated carbocycles. The van der Waals surface area contributed by atoms with Crippen LogP contribution in [-0.2, 0) is 0 Å². The van der Waals surface area contributed by atoms with Gasteiger partial charge < -0.3 is 9.64 Å². The number of likely N-dealkylation sites (N-methyl/N-ethyl adjacent to an activating group) is 1. The fourth-order valence-electron chi connectivity index (χ4n) is 3.28. The number of rotatable bonds is 8. The van der Waals surface area contributed by atoms with Crippen LogP contribution in [0.25, 0.3) is 20.4 Å². The van der Waals surface area contributed by atoms with E-state index in [1.165, 1.54) is 22.7 Å². The van der Waals surface area contributed by atoms with Crippen LogP contribution in [0.1, 0.15) is 23.6 Å². The Bertz CT molecular complexity index is 1130. The lowest BCUT2D eigenvalue weighted by atomic mass is 10.3. The van der Waals surface area contributed by atoms with Gasteiger partial charge in [0.25, 0.3) is 5.91 Å². The molecule has 4 aromatic rings. The van der Waals surface area contributed by atoms with Gasteiger partial charge in [-0.2, -0.15) is 0 Å². The minimum Gasteiger partial charge on any atom is -0.497 e. The lowest BCUT2D eigenvalue weighted by Gasteiger charge is -2.24. The summed E-state index contributed by atoms with van der Waals surface area (Å²) < 4.78 is 7.34. The van der Waals surface area contributed by atoms with E-state index < -0.39 is 0 Å². The zero-order valence-corrected chi connectivity index (χ0v) is 18.9. The largest absolute Gasteiger partial charge is 0.497 e. The number of fused-ring (bicyclic) bond motifs is 2. The lowest BCUT2D eigenvalue weighted by Crippen LogP contribution is -2.38. The highest BCUT2D eigenvalue weighted by Gasteiger charge is 2.24. The number of anilines is 1. The Hall–Kier alpha value is -2.55. The van der Waals surface area contributed by atoms with Crippen LogP contribution in [0.5, 0.6) is 5.75 Å². The molecule has 0 aliphatic rings. The maximum atomic E-state index is 13.5. The van der Waals surface area contributed by atoms with Crippen molar-refractivity contribution in [2.75, 3.05) is 38.2 Å². The van der Waals surface area contributed by atoms with Crippen molar-refractivity contribution in [1.29, 1.82) is 0 Å². The van der Waals surface area contributed by atoms with Gasteiger partial charge in [-0.05, 0) is 43.4 Å². The standard InChI is InChI=1S/C22H24N4O2S2/c1-4-25(5-2)12-13-26(21(27)20-23-16-8-6-7-9-18(16)29-20)22-24-17-11-10-15(28-3)14-19(17)30-22/h6-11,14H,4-5,12-13H2,1-3H3. The quantitative estimate of drug-likeness (QED) is 0.390. The average molecular weight is 441 g/mol. The number of para-hydroxylation sites is 1. The number of carbonyl (C=O) groups is 1. The maximum absolute atomic E-state index is 13.5. The van der Waals surface area contributed by atoms with Crippen molar-refractivity contribution in [1.82, 2.24) is 14.9 Å². The molecule has 4 rings (SSSR count). The van der Waals surface area contributed by atoms with Gasteiger partial charge >= 0.3 is 0 Å². The molecule has 2 aromatic heterocycles. The van der Waals surface area contributed by atoms with E-state index in [4.69, 9.17) is 9.72 Å². The molecule has 8 heteroatoms. The first-order valence-electron chi connectivity index (χ1n) is 9.97. The second-order valence-electron chi connectivity index (χ2n) is 6.80. The molecule has 0 radical (unpaired) electrons. The summed E-state index contributed by atoms with van der Waals surface area (Å²) in [4.78, 5) is 26.9. The first-order chi connectivity index (χ1) is 14.6. The van der Waals surface area contributed by atoms with Crippen LogP contribution in [0, 0.1) is 0 Å². The molecule has 0 unspecified atom stereocenters. The van der Waals surface area contributed by atoms with E-state index in [9.17, 15) is 4.79 Å². The number of ether oxygens (including phenoxy) is 1. The number of methoxy groups -OCH3 is 1. The fourth-order valence-corrected chi connectivity index (χ4v) is 5.21. The summed E-state index contributed by atoms with van der Waals surface area (Å²) >= 11 is 2.93. The molecule has 0 N–H and O–H groups in total. The van der Waals surface area contributed by atoms with Gasteiger partial charge in [0.2, 0.25) is 0 Å². The molecule has 0 aliphatic carbocycles. The van der Waals surface area contributed by atoms with Gasteiger partial charge in [-0.3, -0.25) is 9.69 Å². The summed E-state index contributed by atoms with van der Waals surface area (Å²) in [7, 11) is 1.65. The molecule has 156 valence electrons. The predicted octanol–water partition coefficient (Wildman–Crippen LogP) is 4.90. The van der Waals surface area contributed by atoms with E-state index in [0.717, 1.165) is 45.8 Å². The van der Waals surface area contributed by atoms with E-state index in [2.05, 4.69) is 23.7 Å². The van der Waals surface area contributed by atoms with Crippen LogP contribution >= 0.6 is 22.7 Å². The Kier molecular flexibility index (Phi) is 6.26. The predicted molar refractivity (Wildman–Crippen MR) is 125 cm³/mol. The molecule has 6 nitrogen and oxygen atoms in total. The van der Waals surface area contributed by atoms with Gasteiger partial charge in [-0.25, -0.2) is 9.97 Å². The summed E-state index contributed by atoms with van der Waals surface area (Å²) in [5, 5.41) is 1.18. The zero-order chi connectivity index (χ0) is 21.1. The number of carbonyl (C=O) groups excluding carboxylic acids is 1. The molecule has 0 aliphatic heterocycles. The number of hydrogen-bond donors (Lipinski definition) is 0. The molecule has 0 fully saturated rings. The number of thiazole rings is 2. The van der Waals surface area contributed by atoms with Crippen molar-refractivity contribution in [2.45, 2.75) is 13.8 Å². The van der Waals surface area contributed by atoms with E-state index in [0.29, 0.717) is 16.7 Å². The summed E-state index contributed by atoms with van der Waals surface area (Å²) in [6.45, 7) is 7.49. The van der Waals surface area contributed by atoms with Crippen LogP contribution in [0.15, 0.2) is 42.5 Å². The fraction of sp³-hybridized carbons (Fsp3) is 0.318. The van der Waals surface area contributed by atoms with Gasteiger partial charge in [0.05, 0.1) is 27.5 Å². The van der Waals surface area contributed by atoms with Gasteiger partial charge in [0, 0.05) is 13.1 Å². The Labute approximate surface area is 183 Å². The van der Waals surface area contributed by atoms with E-state index in [1.54, 1.807) is 12.0 Å². The minimum atomic E-state index is -0.102. The topological polar surface area (TPSA) is 58.6 Å². The molecular weight excluding hydrogens is 416 g/mol.